The molecule has 1 heterocycles. The van der Waals surface area contributed by atoms with E-state index in [-0.39, 0.29) is 0 Å². The van der Waals surface area contributed by atoms with Crippen molar-refractivity contribution in [3.8, 4) is 0 Å². The van der Waals surface area contributed by atoms with Gasteiger partial charge in [-0.15, -0.1) is 0 Å². The molecule has 0 saturated carbocycles. The van der Waals surface area contributed by atoms with Crippen molar-refractivity contribution >= 4 is 11.9 Å². The Morgan fingerprint density at radius 3 is 1.63 bits per heavy atom. The summed E-state index contributed by atoms with van der Waals surface area (Å²) in [6, 6.07) is 0. The first-order valence-electron chi connectivity index (χ1n) is 5.76. The van der Waals surface area contributed by atoms with Crippen LogP contribution in [-0.2, 0) is 28.5 Å². The van der Waals surface area contributed by atoms with Crippen LogP contribution in [0.15, 0.2) is 24.3 Å². The minimum atomic E-state index is -0.795. The zero-order chi connectivity index (χ0) is 14.5. The second kappa shape index (κ2) is 6.49. The topological polar surface area (TPSA) is 71.1 Å². The van der Waals surface area contributed by atoms with Crippen LogP contribution in [-0.4, -0.2) is 44.2 Å². The molecule has 106 valence electrons. The van der Waals surface area contributed by atoms with E-state index in [1.807, 2.05) is 0 Å². The summed E-state index contributed by atoms with van der Waals surface area (Å²) in [5, 5.41) is 0. The van der Waals surface area contributed by atoms with Crippen LogP contribution in [0.1, 0.15) is 13.8 Å². The number of ether oxygens (including phenoxy) is 4. The van der Waals surface area contributed by atoms with E-state index in [9.17, 15) is 9.59 Å². The van der Waals surface area contributed by atoms with Gasteiger partial charge >= 0.3 is 11.9 Å². The Bertz CT molecular complexity index is 360. The molecule has 0 aromatic carbocycles. The Morgan fingerprint density at radius 2 is 1.32 bits per heavy atom. The minimum Gasteiger partial charge on any atom is -0.466 e. The van der Waals surface area contributed by atoms with Crippen LogP contribution >= 0.6 is 0 Å². The lowest BCUT2D eigenvalue weighted by atomic mass is 10.2. The highest BCUT2D eigenvalue weighted by Gasteiger charge is 2.38. The van der Waals surface area contributed by atoms with Crippen molar-refractivity contribution in [1.29, 1.82) is 0 Å². The maximum absolute atomic E-state index is 11.1. The van der Waals surface area contributed by atoms with Gasteiger partial charge in [-0.1, -0.05) is 0 Å². The van der Waals surface area contributed by atoms with E-state index in [4.69, 9.17) is 9.47 Å². The molecule has 0 radical (unpaired) electrons. The fourth-order valence-electron chi connectivity index (χ4n) is 1.60. The summed E-state index contributed by atoms with van der Waals surface area (Å²) in [6.07, 6.45) is 4.63. The molecule has 0 amide bonds. The fourth-order valence-corrected chi connectivity index (χ4v) is 1.60. The van der Waals surface area contributed by atoms with Gasteiger partial charge in [0, 0.05) is 12.2 Å². The van der Waals surface area contributed by atoms with Crippen molar-refractivity contribution in [3.63, 3.8) is 0 Å². The molecule has 0 aromatic rings. The lowest BCUT2D eigenvalue weighted by molar-refractivity contribution is -0.140. The fraction of sp³-hybridized carbons (Fsp3) is 0.538. The van der Waals surface area contributed by atoms with E-state index in [2.05, 4.69) is 9.47 Å². The molecule has 19 heavy (non-hydrogen) atoms. The van der Waals surface area contributed by atoms with Crippen molar-refractivity contribution < 1.29 is 28.5 Å². The highest BCUT2D eigenvalue weighted by atomic mass is 16.7. The van der Waals surface area contributed by atoms with Crippen molar-refractivity contribution in [2.75, 3.05) is 14.2 Å². The van der Waals surface area contributed by atoms with Gasteiger partial charge < -0.3 is 18.9 Å². The number of methoxy groups -OCH3 is 2. The predicted molar refractivity (Wildman–Crippen MR) is 66.1 cm³/mol. The summed E-state index contributed by atoms with van der Waals surface area (Å²) in [4.78, 5) is 22.1. The van der Waals surface area contributed by atoms with Crippen molar-refractivity contribution in [3.05, 3.63) is 24.3 Å². The van der Waals surface area contributed by atoms with Gasteiger partial charge in [0.05, 0.1) is 14.2 Å². The maximum Gasteiger partial charge on any atom is 0.330 e. The van der Waals surface area contributed by atoms with E-state index in [1.165, 1.54) is 38.5 Å². The zero-order valence-corrected chi connectivity index (χ0v) is 11.4. The molecule has 6 nitrogen and oxygen atoms in total. The Labute approximate surface area is 112 Å². The molecule has 0 bridgehead atoms. The van der Waals surface area contributed by atoms with E-state index in [1.54, 1.807) is 13.8 Å². The van der Waals surface area contributed by atoms with Crippen LogP contribution in [0.25, 0.3) is 0 Å². The molecule has 0 spiro atoms. The van der Waals surface area contributed by atoms with Crippen LogP contribution in [0.3, 0.4) is 0 Å². The molecule has 1 fully saturated rings. The molecule has 0 N–H and O–H groups in total. The first kappa shape index (κ1) is 15.4. The van der Waals surface area contributed by atoms with Gasteiger partial charge in [0.15, 0.2) is 5.79 Å². The summed E-state index contributed by atoms with van der Waals surface area (Å²) in [5.41, 5.74) is 0. The molecule has 1 saturated heterocycles. The smallest absolute Gasteiger partial charge is 0.330 e. The molecule has 0 aromatic heterocycles. The number of hydrogen-bond donors (Lipinski definition) is 0. The zero-order valence-electron chi connectivity index (χ0n) is 11.4. The van der Waals surface area contributed by atoms with Crippen LogP contribution in [0, 0.1) is 0 Å². The number of carbonyl (C=O) groups is 2. The lowest BCUT2D eigenvalue weighted by Gasteiger charge is -2.15. The van der Waals surface area contributed by atoms with E-state index < -0.39 is 29.9 Å². The summed E-state index contributed by atoms with van der Waals surface area (Å²) in [7, 11) is 2.58. The number of hydrogen-bond acceptors (Lipinski definition) is 6. The van der Waals surface area contributed by atoms with Crippen LogP contribution < -0.4 is 0 Å². The number of carbonyl (C=O) groups excluding carboxylic acids is 2. The molecule has 0 aliphatic carbocycles. The molecule has 0 unspecified atom stereocenters. The van der Waals surface area contributed by atoms with Gasteiger partial charge in [0.25, 0.3) is 0 Å². The summed E-state index contributed by atoms with van der Waals surface area (Å²) in [6.45, 7) is 3.50. The Kier molecular flexibility index (Phi) is 5.26. The monoisotopic (exact) mass is 270 g/mol. The van der Waals surface area contributed by atoms with Crippen molar-refractivity contribution in [2.24, 2.45) is 0 Å². The van der Waals surface area contributed by atoms with Gasteiger partial charge in [-0.05, 0) is 26.0 Å². The molecule has 1 rings (SSSR count). The van der Waals surface area contributed by atoms with E-state index >= 15 is 0 Å². The summed E-state index contributed by atoms with van der Waals surface area (Å²) < 4.78 is 20.2. The molecule has 1 aliphatic rings. The average molecular weight is 270 g/mol. The first-order valence-corrected chi connectivity index (χ1v) is 5.76. The minimum absolute atomic E-state index is 0.477. The van der Waals surface area contributed by atoms with E-state index in [0.717, 1.165) is 0 Å². The third-order valence-corrected chi connectivity index (χ3v) is 2.41. The van der Waals surface area contributed by atoms with Crippen LogP contribution in [0.2, 0.25) is 0 Å². The third kappa shape index (κ3) is 4.84. The third-order valence-electron chi connectivity index (χ3n) is 2.41. The molecule has 1 aliphatic heterocycles. The molecule has 6 heteroatoms. The van der Waals surface area contributed by atoms with Crippen LogP contribution in [0.4, 0.5) is 0 Å². The Balaban J connectivity index is 2.75. The van der Waals surface area contributed by atoms with Crippen molar-refractivity contribution in [1.82, 2.24) is 0 Å². The normalized spacial score (nSPS) is 25.9. The standard InChI is InChI=1S/C13H18O6/c1-13(2)18-9(5-7-11(14)16-3)10(19-13)6-8-12(15)17-4/h5-10H,1-4H3/b7-5+,8-6+/t9-,10-/m1/s1. The quantitative estimate of drug-likeness (QED) is 0.560. The predicted octanol–water partition coefficient (Wildman–Crippen LogP) is 0.965. The largest absolute Gasteiger partial charge is 0.466 e. The summed E-state index contributed by atoms with van der Waals surface area (Å²) in [5.74, 6) is -1.76. The van der Waals surface area contributed by atoms with Gasteiger partial charge in [0.1, 0.15) is 12.2 Å². The second-order valence-corrected chi connectivity index (χ2v) is 4.33. The highest BCUT2D eigenvalue weighted by molar-refractivity contribution is 5.82. The average Bonchev–Trinajstić information content (AvgIpc) is 2.67. The molecular formula is C13H18O6. The summed E-state index contributed by atoms with van der Waals surface area (Å²) >= 11 is 0. The van der Waals surface area contributed by atoms with Crippen molar-refractivity contribution in [2.45, 2.75) is 31.8 Å². The Hall–Kier alpha value is -1.66. The first-order chi connectivity index (χ1) is 8.88. The van der Waals surface area contributed by atoms with Gasteiger partial charge in [0.2, 0.25) is 0 Å². The number of rotatable bonds is 4. The maximum atomic E-state index is 11.1. The van der Waals surface area contributed by atoms with Crippen LogP contribution in [0.5, 0.6) is 0 Å². The molecular weight excluding hydrogens is 252 g/mol. The highest BCUT2D eigenvalue weighted by Crippen LogP contribution is 2.29. The van der Waals surface area contributed by atoms with Gasteiger partial charge in [-0.2, -0.15) is 0 Å². The van der Waals surface area contributed by atoms with Gasteiger partial charge in [-0.25, -0.2) is 9.59 Å². The lowest BCUT2D eigenvalue weighted by Crippen LogP contribution is -2.21. The molecule has 2 atom stereocenters. The van der Waals surface area contributed by atoms with Gasteiger partial charge in [-0.3, -0.25) is 0 Å². The second-order valence-electron chi connectivity index (χ2n) is 4.33. The Morgan fingerprint density at radius 1 is 0.947 bits per heavy atom. The number of esters is 2. The van der Waals surface area contributed by atoms with E-state index in [0.29, 0.717) is 0 Å². The SMILES string of the molecule is COC(=O)/C=C/[C@H]1OC(C)(C)O[C@@H]1/C=C/C(=O)OC.